The molecule has 0 bridgehead atoms. The van der Waals surface area contributed by atoms with Crippen molar-refractivity contribution in [2.75, 3.05) is 72.5 Å². The summed E-state index contributed by atoms with van der Waals surface area (Å²) in [6.07, 6.45) is 2.81. The van der Waals surface area contributed by atoms with Crippen LogP contribution in [0.3, 0.4) is 0 Å². The van der Waals surface area contributed by atoms with E-state index in [1.165, 1.54) is 65.2 Å². The average molecular weight is 299 g/mol. The first-order chi connectivity index (χ1) is 9.69. The Balaban J connectivity index is 1.32. The van der Waals surface area contributed by atoms with Gasteiger partial charge in [-0.25, -0.2) is 0 Å². The summed E-state index contributed by atoms with van der Waals surface area (Å²) in [5.74, 6) is 1.88. The summed E-state index contributed by atoms with van der Waals surface area (Å²) in [5.41, 5.74) is 0. The van der Waals surface area contributed by atoms with Crippen molar-refractivity contribution < 1.29 is 0 Å². The second-order valence-electron chi connectivity index (χ2n) is 7.09. The second kappa shape index (κ2) is 6.97. The number of likely N-dealkylation sites (tertiary alicyclic amines) is 2. The minimum atomic E-state index is 0.932. The summed E-state index contributed by atoms with van der Waals surface area (Å²) in [6, 6.07) is 0. The maximum Gasteiger partial charge on any atom is 0.0215 e. The van der Waals surface area contributed by atoms with E-state index in [-0.39, 0.29) is 0 Å². The Labute approximate surface area is 129 Å². The van der Waals surface area contributed by atoms with Gasteiger partial charge in [0.2, 0.25) is 0 Å². The largest absolute Gasteiger partial charge is 0.306 e. The minimum Gasteiger partial charge on any atom is -0.306 e. The number of piperazine rings is 1. The molecule has 3 rings (SSSR count). The summed E-state index contributed by atoms with van der Waals surface area (Å²) in [4.78, 5) is 7.78. The molecule has 3 aliphatic heterocycles. The molecule has 0 N–H and O–H groups in total. The molecular formula is C15H30N4S. The van der Waals surface area contributed by atoms with Gasteiger partial charge in [0, 0.05) is 52.4 Å². The molecule has 3 aliphatic rings. The van der Waals surface area contributed by atoms with Crippen LogP contribution in [0.2, 0.25) is 0 Å². The van der Waals surface area contributed by atoms with Crippen molar-refractivity contribution in [3.8, 4) is 0 Å². The van der Waals surface area contributed by atoms with Crippen LogP contribution in [0.1, 0.15) is 12.8 Å². The Bertz CT molecular complexity index is 292. The first-order valence-electron chi connectivity index (χ1n) is 8.26. The topological polar surface area (TPSA) is 13.0 Å². The molecule has 0 radical (unpaired) electrons. The first kappa shape index (κ1) is 15.1. The summed E-state index contributed by atoms with van der Waals surface area (Å²) in [5, 5.41) is 0. The third-order valence-electron chi connectivity index (χ3n) is 5.23. The monoisotopic (exact) mass is 298 g/mol. The van der Waals surface area contributed by atoms with E-state index in [2.05, 4.69) is 38.9 Å². The first-order valence-corrected chi connectivity index (χ1v) is 8.66. The van der Waals surface area contributed by atoms with Gasteiger partial charge in [-0.05, 0) is 44.8 Å². The number of thiol groups is 1. The number of piperidine rings is 1. The SMILES string of the molecule is CN1CC(CN2CCC(CN3CCN(S)CC3)CC2)C1. The predicted molar refractivity (Wildman–Crippen MR) is 87.2 cm³/mol. The maximum absolute atomic E-state index is 4.43. The molecule has 0 saturated carbocycles. The van der Waals surface area contributed by atoms with E-state index in [1.54, 1.807) is 0 Å². The molecule has 3 fully saturated rings. The number of rotatable bonds is 4. The number of nitrogens with zero attached hydrogens (tertiary/aromatic N) is 4. The Morgan fingerprint density at radius 2 is 1.35 bits per heavy atom. The van der Waals surface area contributed by atoms with Crippen molar-refractivity contribution in [1.29, 1.82) is 0 Å². The highest BCUT2D eigenvalue weighted by atomic mass is 32.1. The Hall–Kier alpha value is 0.190. The lowest BCUT2D eigenvalue weighted by molar-refractivity contribution is 0.0660. The van der Waals surface area contributed by atoms with E-state index in [0.717, 1.165) is 24.9 Å². The van der Waals surface area contributed by atoms with Crippen LogP contribution in [0, 0.1) is 11.8 Å². The summed E-state index contributed by atoms with van der Waals surface area (Å²) in [6.45, 7) is 12.6. The van der Waals surface area contributed by atoms with Crippen molar-refractivity contribution >= 4 is 12.8 Å². The van der Waals surface area contributed by atoms with Crippen molar-refractivity contribution in [2.24, 2.45) is 11.8 Å². The third kappa shape index (κ3) is 4.10. The highest BCUT2D eigenvalue weighted by Crippen LogP contribution is 2.22. The third-order valence-corrected chi connectivity index (χ3v) is 5.63. The fraction of sp³-hybridized carbons (Fsp3) is 1.00. The van der Waals surface area contributed by atoms with Crippen LogP contribution >= 0.6 is 12.8 Å². The van der Waals surface area contributed by atoms with E-state index in [1.807, 2.05) is 0 Å². The zero-order chi connectivity index (χ0) is 13.9. The van der Waals surface area contributed by atoms with Gasteiger partial charge < -0.3 is 14.7 Å². The Morgan fingerprint density at radius 3 is 1.95 bits per heavy atom. The van der Waals surface area contributed by atoms with Crippen molar-refractivity contribution in [3.63, 3.8) is 0 Å². The molecule has 0 atom stereocenters. The molecule has 5 heteroatoms. The van der Waals surface area contributed by atoms with Gasteiger partial charge in [0.05, 0.1) is 0 Å². The van der Waals surface area contributed by atoms with Crippen molar-refractivity contribution in [3.05, 3.63) is 0 Å². The van der Waals surface area contributed by atoms with Crippen molar-refractivity contribution in [2.45, 2.75) is 12.8 Å². The zero-order valence-corrected chi connectivity index (χ0v) is 13.8. The summed E-state index contributed by atoms with van der Waals surface area (Å²) >= 11 is 4.43. The van der Waals surface area contributed by atoms with E-state index in [4.69, 9.17) is 0 Å². The Morgan fingerprint density at radius 1 is 0.800 bits per heavy atom. The van der Waals surface area contributed by atoms with E-state index >= 15 is 0 Å². The van der Waals surface area contributed by atoms with E-state index < -0.39 is 0 Å². The van der Waals surface area contributed by atoms with Gasteiger partial charge in [0.1, 0.15) is 0 Å². The molecule has 0 aromatic rings. The van der Waals surface area contributed by atoms with Gasteiger partial charge in [0.15, 0.2) is 0 Å². The molecule has 0 spiro atoms. The maximum atomic E-state index is 4.43. The minimum absolute atomic E-state index is 0.932. The summed E-state index contributed by atoms with van der Waals surface area (Å²) < 4.78 is 2.15. The lowest BCUT2D eigenvalue weighted by atomic mass is 9.93. The molecule has 0 amide bonds. The van der Waals surface area contributed by atoms with Crippen LogP contribution in [0.15, 0.2) is 0 Å². The second-order valence-corrected chi connectivity index (χ2v) is 7.65. The fourth-order valence-corrected chi connectivity index (χ4v) is 4.12. The van der Waals surface area contributed by atoms with Crippen LogP contribution in [0.25, 0.3) is 0 Å². The van der Waals surface area contributed by atoms with Gasteiger partial charge in [-0.15, -0.1) is 0 Å². The van der Waals surface area contributed by atoms with Crippen LogP contribution in [-0.2, 0) is 0 Å². The van der Waals surface area contributed by atoms with Crippen LogP contribution in [0.4, 0.5) is 0 Å². The average Bonchev–Trinajstić information content (AvgIpc) is 2.42. The molecule has 3 saturated heterocycles. The van der Waals surface area contributed by atoms with Crippen LogP contribution in [0.5, 0.6) is 0 Å². The molecule has 0 unspecified atom stereocenters. The van der Waals surface area contributed by atoms with Gasteiger partial charge in [-0.3, -0.25) is 4.31 Å². The quantitative estimate of drug-likeness (QED) is 0.768. The number of hydrogen-bond donors (Lipinski definition) is 1. The van der Waals surface area contributed by atoms with Gasteiger partial charge in [-0.1, -0.05) is 12.8 Å². The highest BCUT2D eigenvalue weighted by Gasteiger charge is 2.28. The van der Waals surface area contributed by atoms with E-state index in [9.17, 15) is 0 Å². The van der Waals surface area contributed by atoms with Crippen molar-refractivity contribution in [1.82, 2.24) is 19.0 Å². The predicted octanol–water partition coefficient (Wildman–Crippen LogP) is 0.722. The van der Waals surface area contributed by atoms with Crippen LogP contribution in [-0.4, -0.2) is 91.5 Å². The lowest BCUT2D eigenvalue weighted by Gasteiger charge is -2.42. The standard InChI is InChI=1S/C15H30N4S/c1-16-10-15(11-16)13-17-4-2-14(3-5-17)12-18-6-8-19(20)9-7-18/h14-15,20H,2-13H2,1H3. The molecule has 0 aliphatic carbocycles. The Kier molecular flexibility index (Phi) is 5.26. The normalized spacial score (nSPS) is 29.7. The van der Waals surface area contributed by atoms with Crippen LogP contribution < -0.4 is 0 Å². The molecule has 0 aromatic heterocycles. The van der Waals surface area contributed by atoms with Gasteiger partial charge in [0.25, 0.3) is 0 Å². The lowest BCUT2D eigenvalue weighted by Crippen LogP contribution is -2.51. The fourth-order valence-electron chi connectivity index (χ4n) is 3.95. The van der Waals surface area contributed by atoms with Gasteiger partial charge in [-0.2, -0.15) is 0 Å². The van der Waals surface area contributed by atoms with E-state index in [0.29, 0.717) is 0 Å². The highest BCUT2D eigenvalue weighted by molar-refractivity contribution is 7.77. The molecule has 20 heavy (non-hydrogen) atoms. The molecule has 3 heterocycles. The summed E-state index contributed by atoms with van der Waals surface area (Å²) in [7, 11) is 2.23. The smallest absolute Gasteiger partial charge is 0.0215 e. The molecule has 4 nitrogen and oxygen atoms in total. The zero-order valence-electron chi connectivity index (χ0n) is 12.9. The molecular weight excluding hydrogens is 268 g/mol. The molecule has 0 aromatic carbocycles. The number of hydrogen-bond acceptors (Lipinski definition) is 5. The van der Waals surface area contributed by atoms with Gasteiger partial charge >= 0.3 is 0 Å². The molecule has 116 valence electrons.